The van der Waals surface area contributed by atoms with Crippen molar-refractivity contribution in [2.45, 2.75) is 64.0 Å². The normalized spacial score (nSPS) is 21.2. The molecule has 2 rings (SSSR count). The van der Waals surface area contributed by atoms with Crippen molar-refractivity contribution in [3.8, 4) is 0 Å². The van der Waals surface area contributed by atoms with Crippen LogP contribution in [-0.4, -0.2) is 87.5 Å². The topological polar surface area (TPSA) is 49.3 Å². The summed E-state index contributed by atoms with van der Waals surface area (Å²) in [5, 5.41) is 3.63. The average molecular weight is 369 g/mol. The molecule has 26 heavy (non-hydrogen) atoms. The summed E-state index contributed by atoms with van der Waals surface area (Å²) in [4.78, 5) is 9.53. The largest absolute Gasteiger partial charge is 0.385 e. The van der Waals surface area contributed by atoms with Crippen LogP contribution in [0.25, 0.3) is 0 Å². The molecule has 152 valence electrons. The van der Waals surface area contributed by atoms with Crippen molar-refractivity contribution in [2.75, 3.05) is 60.1 Å². The van der Waals surface area contributed by atoms with Crippen LogP contribution in [-0.2, 0) is 9.47 Å². The van der Waals surface area contributed by atoms with Gasteiger partial charge < -0.3 is 19.7 Å². The molecule has 0 aromatic carbocycles. The minimum Gasteiger partial charge on any atom is -0.385 e. The monoisotopic (exact) mass is 368 g/mol. The number of likely N-dealkylation sites (tertiary alicyclic amines) is 2. The molecule has 0 bridgehead atoms. The number of hydrogen-bond donors (Lipinski definition) is 1. The highest BCUT2D eigenvalue weighted by Crippen LogP contribution is 2.20. The van der Waals surface area contributed by atoms with Gasteiger partial charge in [0.1, 0.15) is 0 Å². The van der Waals surface area contributed by atoms with Crippen LogP contribution in [0.1, 0.15) is 52.4 Å². The fraction of sp³-hybridized carbons (Fsp3) is 0.950. The molecular weight excluding hydrogens is 328 g/mol. The number of nitrogens with zero attached hydrogens (tertiary/aromatic N) is 3. The van der Waals surface area contributed by atoms with E-state index in [0.29, 0.717) is 6.10 Å². The van der Waals surface area contributed by atoms with Crippen LogP contribution < -0.4 is 5.32 Å². The second kappa shape index (κ2) is 11.1. The van der Waals surface area contributed by atoms with Crippen LogP contribution in [0.3, 0.4) is 0 Å². The standard InChI is InChI=1S/C20H40N4O2/c1-20(2,24-11-6-5-7-12-24)17-22-19(21-3)23-13-9-18(10-14-23)26-16-8-15-25-4/h18H,5-17H2,1-4H3,(H,21,22). The molecule has 0 unspecified atom stereocenters. The Bertz CT molecular complexity index is 414. The highest BCUT2D eigenvalue weighted by molar-refractivity contribution is 5.80. The zero-order valence-corrected chi connectivity index (χ0v) is 17.4. The maximum Gasteiger partial charge on any atom is 0.193 e. The fourth-order valence-electron chi connectivity index (χ4n) is 3.93. The number of piperidine rings is 2. The van der Waals surface area contributed by atoms with Crippen molar-refractivity contribution in [3.63, 3.8) is 0 Å². The summed E-state index contributed by atoms with van der Waals surface area (Å²) in [6.45, 7) is 11.7. The van der Waals surface area contributed by atoms with Gasteiger partial charge in [-0.15, -0.1) is 0 Å². The third kappa shape index (κ3) is 6.71. The van der Waals surface area contributed by atoms with Crippen LogP contribution in [0.15, 0.2) is 4.99 Å². The van der Waals surface area contributed by atoms with Crippen molar-refractivity contribution < 1.29 is 9.47 Å². The van der Waals surface area contributed by atoms with Crippen molar-refractivity contribution in [3.05, 3.63) is 0 Å². The van der Waals surface area contributed by atoms with Gasteiger partial charge in [-0.2, -0.15) is 0 Å². The molecule has 2 aliphatic rings. The zero-order valence-electron chi connectivity index (χ0n) is 17.4. The fourth-order valence-corrected chi connectivity index (χ4v) is 3.93. The molecule has 2 fully saturated rings. The van der Waals surface area contributed by atoms with E-state index in [0.717, 1.165) is 58.1 Å². The summed E-state index contributed by atoms with van der Waals surface area (Å²) in [6, 6.07) is 0. The van der Waals surface area contributed by atoms with E-state index in [-0.39, 0.29) is 5.54 Å². The van der Waals surface area contributed by atoms with Crippen molar-refractivity contribution in [1.29, 1.82) is 0 Å². The molecule has 0 atom stereocenters. The summed E-state index contributed by atoms with van der Waals surface area (Å²) < 4.78 is 11.0. The summed E-state index contributed by atoms with van der Waals surface area (Å²) in [5.74, 6) is 1.04. The second-order valence-electron chi connectivity index (χ2n) is 8.16. The Morgan fingerprint density at radius 2 is 1.77 bits per heavy atom. The predicted octanol–water partition coefficient (Wildman–Crippen LogP) is 2.34. The number of hydrogen-bond acceptors (Lipinski definition) is 4. The maximum atomic E-state index is 5.97. The van der Waals surface area contributed by atoms with Gasteiger partial charge in [-0.3, -0.25) is 9.89 Å². The number of ether oxygens (including phenoxy) is 2. The molecule has 0 aliphatic carbocycles. The van der Waals surface area contributed by atoms with Gasteiger partial charge in [0.25, 0.3) is 0 Å². The first-order chi connectivity index (χ1) is 12.6. The summed E-state index contributed by atoms with van der Waals surface area (Å²) in [7, 11) is 3.63. The van der Waals surface area contributed by atoms with Gasteiger partial charge in [-0.1, -0.05) is 6.42 Å². The van der Waals surface area contributed by atoms with E-state index in [1.807, 2.05) is 7.05 Å². The Balaban J connectivity index is 1.72. The number of methoxy groups -OCH3 is 1. The molecule has 0 saturated carbocycles. The van der Waals surface area contributed by atoms with E-state index < -0.39 is 0 Å². The zero-order chi connectivity index (χ0) is 18.8. The van der Waals surface area contributed by atoms with Crippen molar-refractivity contribution in [2.24, 2.45) is 4.99 Å². The van der Waals surface area contributed by atoms with Crippen LogP contribution in [0.4, 0.5) is 0 Å². The lowest BCUT2D eigenvalue weighted by Gasteiger charge is -2.42. The van der Waals surface area contributed by atoms with E-state index in [1.165, 1.54) is 32.4 Å². The lowest BCUT2D eigenvalue weighted by Crippen LogP contribution is -2.56. The number of nitrogens with one attached hydrogen (secondary N) is 1. The summed E-state index contributed by atoms with van der Waals surface area (Å²) >= 11 is 0. The number of aliphatic imine (C=N–C) groups is 1. The molecule has 0 radical (unpaired) electrons. The molecule has 6 nitrogen and oxygen atoms in total. The Hall–Kier alpha value is -0.850. The molecule has 2 aliphatic heterocycles. The number of rotatable bonds is 8. The van der Waals surface area contributed by atoms with E-state index in [1.54, 1.807) is 7.11 Å². The van der Waals surface area contributed by atoms with Gasteiger partial charge in [0, 0.05) is 52.5 Å². The van der Waals surface area contributed by atoms with E-state index in [9.17, 15) is 0 Å². The van der Waals surface area contributed by atoms with Gasteiger partial charge in [-0.25, -0.2) is 0 Å². The highest BCUT2D eigenvalue weighted by Gasteiger charge is 2.29. The lowest BCUT2D eigenvalue weighted by molar-refractivity contribution is 0.00972. The van der Waals surface area contributed by atoms with Gasteiger partial charge in [0.05, 0.1) is 6.10 Å². The van der Waals surface area contributed by atoms with Crippen LogP contribution in [0.2, 0.25) is 0 Å². The molecule has 2 heterocycles. The Morgan fingerprint density at radius 1 is 1.08 bits per heavy atom. The molecule has 2 saturated heterocycles. The first kappa shape index (κ1) is 21.5. The van der Waals surface area contributed by atoms with Gasteiger partial charge in [0.15, 0.2) is 5.96 Å². The molecule has 0 spiro atoms. The first-order valence-electron chi connectivity index (χ1n) is 10.4. The molecule has 6 heteroatoms. The third-order valence-electron chi connectivity index (χ3n) is 5.69. The number of guanidine groups is 1. The molecule has 0 aromatic heterocycles. The first-order valence-corrected chi connectivity index (χ1v) is 10.4. The summed E-state index contributed by atoms with van der Waals surface area (Å²) in [6.07, 6.45) is 7.54. The SMILES string of the molecule is CN=C(NCC(C)(C)N1CCCCC1)N1CCC(OCCCOC)CC1. The van der Waals surface area contributed by atoms with Gasteiger partial charge in [-0.05, 0) is 59.0 Å². The Labute approximate surface area is 160 Å². The van der Waals surface area contributed by atoms with Crippen molar-refractivity contribution in [1.82, 2.24) is 15.1 Å². The van der Waals surface area contributed by atoms with E-state index in [4.69, 9.17) is 9.47 Å². The maximum absolute atomic E-state index is 5.97. The average Bonchev–Trinajstić information content (AvgIpc) is 2.67. The minimum atomic E-state index is 0.166. The van der Waals surface area contributed by atoms with Crippen LogP contribution in [0.5, 0.6) is 0 Å². The summed E-state index contributed by atoms with van der Waals surface area (Å²) in [5.41, 5.74) is 0.166. The molecule has 0 amide bonds. The Morgan fingerprint density at radius 3 is 2.38 bits per heavy atom. The molecule has 1 N–H and O–H groups in total. The predicted molar refractivity (Wildman–Crippen MR) is 108 cm³/mol. The Kier molecular flexibility index (Phi) is 9.16. The van der Waals surface area contributed by atoms with E-state index >= 15 is 0 Å². The lowest BCUT2D eigenvalue weighted by atomic mass is 9.98. The molecular formula is C20H40N4O2. The highest BCUT2D eigenvalue weighted by atomic mass is 16.5. The molecule has 0 aromatic rings. The van der Waals surface area contributed by atoms with Crippen LogP contribution >= 0.6 is 0 Å². The quantitative estimate of drug-likeness (QED) is 0.405. The second-order valence-corrected chi connectivity index (χ2v) is 8.16. The van der Waals surface area contributed by atoms with Crippen molar-refractivity contribution >= 4 is 5.96 Å². The smallest absolute Gasteiger partial charge is 0.193 e. The van der Waals surface area contributed by atoms with E-state index in [2.05, 4.69) is 34.0 Å². The minimum absolute atomic E-state index is 0.166. The van der Waals surface area contributed by atoms with Gasteiger partial charge >= 0.3 is 0 Å². The third-order valence-corrected chi connectivity index (χ3v) is 5.69. The van der Waals surface area contributed by atoms with Gasteiger partial charge in [0.2, 0.25) is 0 Å². The van der Waals surface area contributed by atoms with Crippen LogP contribution in [0, 0.1) is 0 Å².